The molecule has 0 saturated carbocycles. The lowest BCUT2D eigenvalue weighted by molar-refractivity contribution is -0.0108. The summed E-state index contributed by atoms with van der Waals surface area (Å²) in [6.07, 6.45) is 0.334. The zero-order valence-electron chi connectivity index (χ0n) is 9.97. The van der Waals surface area contributed by atoms with Gasteiger partial charge in [-0.2, -0.15) is 0 Å². The molecule has 0 amide bonds. The first-order valence-electron chi connectivity index (χ1n) is 5.50. The second-order valence-corrected chi connectivity index (χ2v) is 5.14. The number of nitrogens with one attached hydrogen (secondary N) is 1. The summed E-state index contributed by atoms with van der Waals surface area (Å²) >= 11 is 0. The van der Waals surface area contributed by atoms with E-state index in [4.69, 9.17) is 4.74 Å². The summed E-state index contributed by atoms with van der Waals surface area (Å²) in [5.41, 5.74) is 0.236. The largest absolute Gasteiger partial charge is 0.380 e. The molecule has 3 heteroatoms. The lowest BCUT2D eigenvalue weighted by atomic mass is 9.88. The molecule has 0 aromatic carbocycles. The fraction of sp³-hybridized carbons (Fsp3) is 1.00. The molecule has 1 heterocycles. The minimum atomic E-state index is 0.236. The Balaban J connectivity index is 2.39. The van der Waals surface area contributed by atoms with Gasteiger partial charge in [-0.05, 0) is 5.41 Å². The lowest BCUT2D eigenvalue weighted by Crippen LogP contribution is -2.49. The van der Waals surface area contributed by atoms with Crippen molar-refractivity contribution in [3.05, 3.63) is 0 Å². The van der Waals surface area contributed by atoms with Crippen LogP contribution in [0.15, 0.2) is 0 Å². The average Bonchev–Trinajstić information content (AvgIpc) is 2.14. The first-order chi connectivity index (χ1) is 6.54. The van der Waals surface area contributed by atoms with E-state index in [0.29, 0.717) is 6.10 Å². The third-order valence-electron chi connectivity index (χ3n) is 2.88. The monoisotopic (exact) mass is 200 g/mol. The van der Waals surface area contributed by atoms with Crippen LogP contribution in [0.25, 0.3) is 0 Å². The Labute approximate surface area is 87.8 Å². The minimum absolute atomic E-state index is 0.236. The molecule has 84 valence electrons. The number of methoxy groups -OCH3 is 1. The average molecular weight is 200 g/mol. The van der Waals surface area contributed by atoms with Gasteiger partial charge < -0.3 is 10.1 Å². The number of nitrogens with zero attached hydrogens (tertiary/aromatic N) is 1. The Hall–Kier alpha value is -0.120. The van der Waals surface area contributed by atoms with Crippen LogP contribution in [0.3, 0.4) is 0 Å². The van der Waals surface area contributed by atoms with Gasteiger partial charge in [0.2, 0.25) is 0 Å². The number of rotatable bonds is 3. The second-order valence-electron chi connectivity index (χ2n) is 5.14. The van der Waals surface area contributed by atoms with Crippen molar-refractivity contribution in [3.63, 3.8) is 0 Å². The molecule has 1 saturated heterocycles. The molecule has 0 bridgehead atoms. The van der Waals surface area contributed by atoms with E-state index in [0.717, 1.165) is 32.7 Å². The van der Waals surface area contributed by atoms with Crippen molar-refractivity contribution in [2.75, 3.05) is 39.8 Å². The molecular weight excluding hydrogens is 176 g/mol. The summed E-state index contributed by atoms with van der Waals surface area (Å²) in [5.74, 6) is 0. The number of ether oxygens (including phenoxy) is 1. The maximum Gasteiger partial charge on any atom is 0.0746 e. The summed E-state index contributed by atoms with van der Waals surface area (Å²) in [5, 5.41) is 3.36. The molecule has 0 radical (unpaired) electrons. The first kappa shape index (κ1) is 12.0. The van der Waals surface area contributed by atoms with Gasteiger partial charge in [0.15, 0.2) is 0 Å². The lowest BCUT2D eigenvalue weighted by Gasteiger charge is -2.36. The van der Waals surface area contributed by atoms with E-state index in [2.05, 4.69) is 31.0 Å². The summed E-state index contributed by atoms with van der Waals surface area (Å²) in [7, 11) is 1.82. The van der Waals surface area contributed by atoms with E-state index in [9.17, 15) is 0 Å². The number of hydrogen-bond acceptors (Lipinski definition) is 3. The van der Waals surface area contributed by atoms with Gasteiger partial charge in [0, 0.05) is 39.8 Å². The second kappa shape index (κ2) is 5.10. The topological polar surface area (TPSA) is 24.5 Å². The van der Waals surface area contributed by atoms with E-state index in [-0.39, 0.29) is 5.41 Å². The van der Waals surface area contributed by atoms with Gasteiger partial charge >= 0.3 is 0 Å². The normalized spacial score (nSPS) is 22.3. The van der Waals surface area contributed by atoms with Crippen molar-refractivity contribution in [1.82, 2.24) is 10.2 Å². The number of piperazine rings is 1. The summed E-state index contributed by atoms with van der Waals surface area (Å²) in [4.78, 5) is 2.48. The van der Waals surface area contributed by atoms with E-state index < -0.39 is 0 Å². The molecule has 0 spiro atoms. The fourth-order valence-electron chi connectivity index (χ4n) is 1.83. The summed E-state index contributed by atoms with van der Waals surface area (Å²) in [6.45, 7) is 12.3. The van der Waals surface area contributed by atoms with Gasteiger partial charge in [-0.3, -0.25) is 4.90 Å². The fourth-order valence-corrected chi connectivity index (χ4v) is 1.83. The molecule has 0 aromatic heterocycles. The van der Waals surface area contributed by atoms with E-state index in [1.165, 1.54) is 0 Å². The molecule has 1 unspecified atom stereocenters. The van der Waals surface area contributed by atoms with Crippen LogP contribution in [0.1, 0.15) is 20.8 Å². The molecular formula is C11H24N2O. The predicted octanol–water partition coefficient (Wildman–Crippen LogP) is 0.953. The van der Waals surface area contributed by atoms with E-state index in [1.54, 1.807) is 0 Å². The zero-order valence-corrected chi connectivity index (χ0v) is 9.97. The van der Waals surface area contributed by atoms with Crippen molar-refractivity contribution in [3.8, 4) is 0 Å². The maximum absolute atomic E-state index is 5.56. The number of hydrogen-bond donors (Lipinski definition) is 1. The van der Waals surface area contributed by atoms with Crippen LogP contribution in [0.5, 0.6) is 0 Å². The highest BCUT2D eigenvalue weighted by Crippen LogP contribution is 2.22. The summed E-state index contributed by atoms with van der Waals surface area (Å²) < 4.78 is 5.56. The Morgan fingerprint density at radius 2 is 1.86 bits per heavy atom. The van der Waals surface area contributed by atoms with Crippen LogP contribution < -0.4 is 5.32 Å². The molecule has 1 rings (SSSR count). The third-order valence-corrected chi connectivity index (χ3v) is 2.88. The first-order valence-corrected chi connectivity index (χ1v) is 5.50. The maximum atomic E-state index is 5.56. The molecule has 1 aliphatic rings. The van der Waals surface area contributed by atoms with Gasteiger partial charge in [-0.15, -0.1) is 0 Å². The van der Waals surface area contributed by atoms with Crippen molar-refractivity contribution < 1.29 is 4.74 Å². The van der Waals surface area contributed by atoms with Crippen molar-refractivity contribution in [2.45, 2.75) is 26.9 Å². The van der Waals surface area contributed by atoms with Crippen molar-refractivity contribution in [2.24, 2.45) is 5.41 Å². The van der Waals surface area contributed by atoms with E-state index >= 15 is 0 Å². The molecule has 1 aliphatic heterocycles. The van der Waals surface area contributed by atoms with Crippen molar-refractivity contribution in [1.29, 1.82) is 0 Å². The van der Waals surface area contributed by atoms with Crippen LogP contribution in [-0.2, 0) is 4.74 Å². The van der Waals surface area contributed by atoms with Crippen LogP contribution in [0.2, 0.25) is 0 Å². The minimum Gasteiger partial charge on any atom is -0.380 e. The van der Waals surface area contributed by atoms with Gasteiger partial charge in [0.05, 0.1) is 6.10 Å². The van der Waals surface area contributed by atoms with Crippen LogP contribution in [0, 0.1) is 5.41 Å². The van der Waals surface area contributed by atoms with Crippen LogP contribution in [0.4, 0.5) is 0 Å². The van der Waals surface area contributed by atoms with Crippen molar-refractivity contribution >= 4 is 0 Å². The molecule has 1 N–H and O–H groups in total. The van der Waals surface area contributed by atoms with Gasteiger partial charge in [0.1, 0.15) is 0 Å². The molecule has 0 aromatic rings. The van der Waals surface area contributed by atoms with Crippen LogP contribution >= 0.6 is 0 Å². The SMILES string of the molecule is COC(CN1CCNCC1)C(C)(C)C. The van der Waals surface area contributed by atoms with Gasteiger partial charge in [-0.1, -0.05) is 20.8 Å². The van der Waals surface area contributed by atoms with Crippen LogP contribution in [-0.4, -0.2) is 50.8 Å². The molecule has 1 atom stereocenters. The third kappa shape index (κ3) is 3.56. The predicted molar refractivity (Wildman–Crippen MR) is 59.6 cm³/mol. The van der Waals surface area contributed by atoms with Gasteiger partial charge in [-0.25, -0.2) is 0 Å². The molecule has 1 fully saturated rings. The molecule has 3 nitrogen and oxygen atoms in total. The highest BCUT2D eigenvalue weighted by Gasteiger charge is 2.26. The zero-order chi connectivity index (χ0) is 10.6. The Bertz CT molecular complexity index is 159. The highest BCUT2D eigenvalue weighted by atomic mass is 16.5. The standard InChI is InChI=1S/C11H24N2O/c1-11(2,3)10(14-4)9-13-7-5-12-6-8-13/h10,12H,5-9H2,1-4H3. The summed E-state index contributed by atoms with van der Waals surface area (Å²) in [6, 6.07) is 0. The smallest absolute Gasteiger partial charge is 0.0746 e. The Morgan fingerprint density at radius 1 is 1.29 bits per heavy atom. The Kier molecular flexibility index (Phi) is 4.35. The Morgan fingerprint density at radius 3 is 2.29 bits per heavy atom. The van der Waals surface area contributed by atoms with E-state index in [1.807, 2.05) is 7.11 Å². The highest BCUT2D eigenvalue weighted by molar-refractivity contribution is 4.79. The van der Waals surface area contributed by atoms with Gasteiger partial charge in [0.25, 0.3) is 0 Å². The quantitative estimate of drug-likeness (QED) is 0.734. The molecule has 0 aliphatic carbocycles. The molecule has 14 heavy (non-hydrogen) atoms.